The summed E-state index contributed by atoms with van der Waals surface area (Å²) in [7, 11) is 4.66. The number of piperidine rings is 1. The maximum atomic E-state index is 13.9. The highest BCUT2D eigenvalue weighted by atomic mass is 16.5. The number of nitrogens with one attached hydrogen (secondary N) is 2. The van der Waals surface area contributed by atoms with Crippen molar-refractivity contribution in [3.05, 3.63) is 45.6 Å². The lowest BCUT2D eigenvalue weighted by atomic mass is 9.93. The second kappa shape index (κ2) is 15.3. The standard InChI is InChI=1S/C35H47N3O8/c1-8-20(3)31(34(41)38-16-14-22(15-17-38)35(42)46-9-2)37-27-13-11-24-25(19-28(27)40)26(36-21(4)39)12-10-23-18-29(43-5)32(44-6)33(45-7)30(23)24/h11,13,18-20,22,26,31H,8-10,12,14-17H2,1-7H3,(H,36,39)(H,37,40). The van der Waals surface area contributed by atoms with Crippen LogP contribution < -0.4 is 30.3 Å². The number of benzene rings is 1. The zero-order valence-corrected chi connectivity index (χ0v) is 28.0. The van der Waals surface area contributed by atoms with E-state index >= 15 is 0 Å². The lowest BCUT2D eigenvalue weighted by molar-refractivity contribution is -0.151. The van der Waals surface area contributed by atoms with Gasteiger partial charge in [0.25, 0.3) is 0 Å². The van der Waals surface area contributed by atoms with E-state index in [0.717, 1.165) is 11.1 Å². The fourth-order valence-electron chi connectivity index (χ4n) is 6.47. The van der Waals surface area contributed by atoms with Gasteiger partial charge in [-0.05, 0) is 73.4 Å². The van der Waals surface area contributed by atoms with Crippen LogP contribution >= 0.6 is 0 Å². The van der Waals surface area contributed by atoms with Crippen LogP contribution in [-0.2, 0) is 25.5 Å². The molecule has 1 aliphatic heterocycles. The van der Waals surface area contributed by atoms with Crippen molar-refractivity contribution in [1.82, 2.24) is 10.2 Å². The van der Waals surface area contributed by atoms with Gasteiger partial charge in [0.05, 0.1) is 45.6 Å². The first-order valence-electron chi connectivity index (χ1n) is 16.1. The molecule has 3 atom stereocenters. The fourth-order valence-corrected chi connectivity index (χ4v) is 6.47. The second-order valence-electron chi connectivity index (χ2n) is 12.0. The van der Waals surface area contributed by atoms with Crippen molar-refractivity contribution in [3.63, 3.8) is 0 Å². The minimum absolute atomic E-state index is 0.0808. The Morgan fingerprint density at radius 1 is 0.978 bits per heavy atom. The minimum Gasteiger partial charge on any atom is -0.493 e. The third-order valence-electron chi connectivity index (χ3n) is 9.13. The minimum atomic E-state index is -0.656. The van der Waals surface area contributed by atoms with Crippen LogP contribution in [0.3, 0.4) is 0 Å². The molecule has 2 aromatic rings. The molecule has 11 heteroatoms. The maximum absolute atomic E-state index is 13.9. The molecule has 1 fully saturated rings. The molecule has 0 aromatic heterocycles. The predicted molar refractivity (Wildman–Crippen MR) is 175 cm³/mol. The Morgan fingerprint density at radius 3 is 2.26 bits per heavy atom. The van der Waals surface area contributed by atoms with Crippen LogP contribution in [0.2, 0.25) is 0 Å². The summed E-state index contributed by atoms with van der Waals surface area (Å²) >= 11 is 0. The fraction of sp³-hybridized carbons (Fsp3) is 0.543. The molecule has 2 amide bonds. The Morgan fingerprint density at radius 2 is 1.67 bits per heavy atom. The van der Waals surface area contributed by atoms with E-state index in [1.165, 1.54) is 6.92 Å². The number of nitrogens with zero attached hydrogens (tertiary/aromatic N) is 1. The number of esters is 1. The first kappa shape index (κ1) is 34.6. The van der Waals surface area contributed by atoms with Gasteiger partial charge in [0.2, 0.25) is 23.0 Å². The van der Waals surface area contributed by atoms with E-state index in [1.807, 2.05) is 26.0 Å². The smallest absolute Gasteiger partial charge is 0.309 e. The van der Waals surface area contributed by atoms with E-state index in [2.05, 4.69) is 10.6 Å². The van der Waals surface area contributed by atoms with Gasteiger partial charge in [-0.15, -0.1) is 0 Å². The Kier molecular flexibility index (Phi) is 11.5. The van der Waals surface area contributed by atoms with Crippen molar-refractivity contribution in [3.8, 4) is 28.4 Å². The summed E-state index contributed by atoms with van der Waals surface area (Å²) in [5, 5.41) is 6.32. The van der Waals surface area contributed by atoms with E-state index < -0.39 is 12.1 Å². The third kappa shape index (κ3) is 7.24. The SMILES string of the molecule is CCOC(=O)C1CCN(C(=O)C(Nc2ccc3c(cc2=O)C(NC(C)=O)CCc2cc(OC)c(OC)c(OC)c2-3)C(C)CC)CC1. The summed E-state index contributed by atoms with van der Waals surface area (Å²) < 4.78 is 22.4. The molecule has 1 saturated heterocycles. The molecule has 3 unspecified atom stereocenters. The summed E-state index contributed by atoms with van der Waals surface area (Å²) in [6, 6.07) is 5.90. The van der Waals surface area contributed by atoms with Crippen molar-refractivity contribution >= 4 is 23.5 Å². The molecule has 2 aromatic carbocycles. The number of carbonyl (C=O) groups is 3. The molecular weight excluding hydrogens is 590 g/mol. The first-order chi connectivity index (χ1) is 22.1. The molecule has 46 heavy (non-hydrogen) atoms. The van der Waals surface area contributed by atoms with E-state index in [0.29, 0.717) is 80.2 Å². The topological polar surface area (TPSA) is 132 Å². The largest absolute Gasteiger partial charge is 0.493 e. The second-order valence-corrected chi connectivity index (χ2v) is 12.0. The van der Waals surface area contributed by atoms with Gasteiger partial charge in [-0.1, -0.05) is 26.3 Å². The zero-order valence-electron chi connectivity index (χ0n) is 28.0. The van der Waals surface area contributed by atoms with Gasteiger partial charge in [-0.2, -0.15) is 0 Å². The number of aryl methyl sites for hydroxylation is 1. The van der Waals surface area contributed by atoms with Gasteiger partial charge < -0.3 is 34.5 Å². The van der Waals surface area contributed by atoms with Crippen molar-refractivity contribution in [2.75, 3.05) is 46.3 Å². The molecule has 2 N–H and O–H groups in total. The Hall–Kier alpha value is -4.28. The summed E-state index contributed by atoms with van der Waals surface area (Å²) in [5.74, 6) is 0.576. The molecule has 11 nitrogen and oxygen atoms in total. The van der Waals surface area contributed by atoms with E-state index in [-0.39, 0.29) is 40.7 Å². The first-order valence-corrected chi connectivity index (χ1v) is 16.1. The molecule has 1 aliphatic carbocycles. The lowest BCUT2D eigenvalue weighted by Gasteiger charge is -2.35. The van der Waals surface area contributed by atoms with Crippen LogP contribution in [-0.4, -0.2) is 69.8 Å². The highest BCUT2D eigenvalue weighted by Gasteiger charge is 2.34. The predicted octanol–water partition coefficient (Wildman–Crippen LogP) is 4.49. The Balaban J connectivity index is 1.77. The summed E-state index contributed by atoms with van der Waals surface area (Å²) in [4.78, 5) is 54.1. The number of rotatable bonds is 11. The number of ether oxygens (including phenoxy) is 4. The molecular formula is C35H47N3O8. The maximum Gasteiger partial charge on any atom is 0.309 e. The van der Waals surface area contributed by atoms with Crippen molar-refractivity contribution in [1.29, 1.82) is 0 Å². The van der Waals surface area contributed by atoms with Gasteiger partial charge in [-0.3, -0.25) is 19.2 Å². The van der Waals surface area contributed by atoms with Crippen LogP contribution in [0.15, 0.2) is 29.1 Å². The Bertz CT molecular complexity index is 1500. The highest BCUT2D eigenvalue weighted by molar-refractivity contribution is 5.86. The quantitative estimate of drug-likeness (QED) is 0.342. The highest BCUT2D eigenvalue weighted by Crippen LogP contribution is 2.50. The van der Waals surface area contributed by atoms with Gasteiger partial charge in [0.15, 0.2) is 11.5 Å². The molecule has 0 saturated carbocycles. The molecule has 4 rings (SSSR count). The molecule has 250 valence electrons. The van der Waals surface area contributed by atoms with Crippen molar-refractivity contribution in [2.24, 2.45) is 11.8 Å². The van der Waals surface area contributed by atoms with Gasteiger partial charge in [0, 0.05) is 25.6 Å². The summed E-state index contributed by atoms with van der Waals surface area (Å²) in [6.45, 7) is 8.45. The van der Waals surface area contributed by atoms with Gasteiger partial charge in [0.1, 0.15) is 6.04 Å². The van der Waals surface area contributed by atoms with Gasteiger partial charge in [-0.25, -0.2) is 0 Å². The third-order valence-corrected chi connectivity index (χ3v) is 9.13. The van der Waals surface area contributed by atoms with Crippen molar-refractivity contribution < 1.29 is 33.3 Å². The number of likely N-dealkylation sites (tertiary alicyclic amines) is 1. The summed E-state index contributed by atoms with van der Waals surface area (Å²) in [6.07, 6.45) is 2.92. The molecule has 0 spiro atoms. The lowest BCUT2D eigenvalue weighted by Crippen LogP contribution is -2.50. The number of methoxy groups -OCH3 is 3. The number of hydrogen-bond acceptors (Lipinski definition) is 9. The normalized spacial score (nSPS) is 17.4. The van der Waals surface area contributed by atoms with E-state index in [4.69, 9.17) is 18.9 Å². The van der Waals surface area contributed by atoms with E-state index in [9.17, 15) is 19.2 Å². The summed E-state index contributed by atoms with van der Waals surface area (Å²) in [5.41, 5.74) is 3.00. The van der Waals surface area contributed by atoms with Crippen LogP contribution in [0.5, 0.6) is 17.2 Å². The number of hydrogen-bond donors (Lipinski definition) is 2. The van der Waals surface area contributed by atoms with Crippen LogP contribution in [0, 0.1) is 11.8 Å². The van der Waals surface area contributed by atoms with Gasteiger partial charge >= 0.3 is 5.97 Å². The van der Waals surface area contributed by atoms with E-state index in [1.54, 1.807) is 45.3 Å². The number of carbonyl (C=O) groups excluding carboxylic acids is 3. The monoisotopic (exact) mass is 637 g/mol. The average Bonchev–Trinajstić information content (AvgIpc) is 3.30. The van der Waals surface area contributed by atoms with Crippen LogP contribution in [0.1, 0.15) is 70.5 Å². The van der Waals surface area contributed by atoms with Crippen LogP contribution in [0.4, 0.5) is 5.69 Å². The Labute approximate surface area is 270 Å². The number of fused-ring (bicyclic) bond motifs is 3. The molecule has 1 heterocycles. The van der Waals surface area contributed by atoms with Crippen LogP contribution in [0.25, 0.3) is 11.1 Å². The molecule has 2 aliphatic rings. The molecule has 0 radical (unpaired) electrons. The zero-order chi connectivity index (χ0) is 33.5. The van der Waals surface area contributed by atoms with Crippen molar-refractivity contribution in [2.45, 2.75) is 71.9 Å². The number of anilines is 1. The average molecular weight is 638 g/mol. The molecule has 0 bridgehead atoms. The number of amides is 2.